The predicted octanol–water partition coefficient (Wildman–Crippen LogP) is 0.602. The molecule has 0 atom stereocenters. The number of nitrogen functional groups attached to an aromatic ring is 1. The van der Waals surface area contributed by atoms with Crippen molar-refractivity contribution in [1.82, 2.24) is 5.32 Å². The molecule has 1 aromatic heterocycles. The SMILES string of the molecule is COc1c(NC2CCNCC2)sc(C(N)=O)c1N. The van der Waals surface area contributed by atoms with Crippen LogP contribution in [-0.4, -0.2) is 32.1 Å². The number of thiophene rings is 1. The van der Waals surface area contributed by atoms with Gasteiger partial charge in [-0.2, -0.15) is 0 Å². The summed E-state index contributed by atoms with van der Waals surface area (Å²) in [6.07, 6.45) is 2.07. The Morgan fingerprint density at radius 2 is 2.17 bits per heavy atom. The summed E-state index contributed by atoms with van der Waals surface area (Å²) < 4.78 is 5.25. The maximum absolute atomic E-state index is 11.3. The molecule has 0 spiro atoms. The number of nitrogens with one attached hydrogen (secondary N) is 2. The molecule has 0 aliphatic carbocycles. The topological polar surface area (TPSA) is 102 Å². The van der Waals surface area contributed by atoms with Gasteiger partial charge in [-0.3, -0.25) is 4.79 Å². The third kappa shape index (κ3) is 2.51. The maximum Gasteiger partial charge on any atom is 0.261 e. The molecule has 1 saturated heterocycles. The second kappa shape index (κ2) is 5.45. The number of hydrogen-bond acceptors (Lipinski definition) is 6. The Labute approximate surface area is 110 Å². The minimum atomic E-state index is -0.519. The van der Waals surface area contributed by atoms with Crippen LogP contribution in [0.3, 0.4) is 0 Å². The molecule has 0 unspecified atom stereocenters. The first-order valence-corrected chi connectivity index (χ1v) is 6.68. The van der Waals surface area contributed by atoms with Gasteiger partial charge < -0.3 is 26.8 Å². The van der Waals surface area contributed by atoms with Crippen molar-refractivity contribution in [2.45, 2.75) is 18.9 Å². The van der Waals surface area contributed by atoms with Crippen molar-refractivity contribution in [3.63, 3.8) is 0 Å². The molecular weight excluding hydrogens is 252 g/mol. The summed E-state index contributed by atoms with van der Waals surface area (Å²) in [6, 6.07) is 0.374. The molecular formula is C11H18N4O2S. The molecule has 1 fully saturated rings. The Balaban J connectivity index is 2.20. The van der Waals surface area contributed by atoms with Gasteiger partial charge in [0.2, 0.25) is 0 Å². The molecule has 0 aromatic carbocycles. The first kappa shape index (κ1) is 13.0. The number of ether oxygens (including phenoxy) is 1. The van der Waals surface area contributed by atoms with Crippen molar-refractivity contribution in [3.05, 3.63) is 4.88 Å². The third-order valence-electron chi connectivity index (χ3n) is 3.00. The smallest absolute Gasteiger partial charge is 0.261 e. The average molecular weight is 270 g/mol. The fourth-order valence-electron chi connectivity index (χ4n) is 2.06. The molecule has 1 aliphatic rings. The Morgan fingerprint density at radius 1 is 1.50 bits per heavy atom. The van der Waals surface area contributed by atoms with E-state index in [1.54, 1.807) is 0 Å². The summed E-state index contributed by atoms with van der Waals surface area (Å²) in [5.41, 5.74) is 11.5. The highest BCUT2D eigenvalue weighted by molar-refractivity contribution is 7.19. The lowest BCUT2D eigenvalue weighted by molar-refractivity contribution is 0.100. The first-order valence-electron chi connectivity index (χ1n) is 5.86. The van der Waals surface area contributed by atoms with E-state index in [-0.39, 0.29) is 0 Å². The summed E-state index contributed by atoms with van der Waals surface area (Å²) >= 11 is 1.26. The van der Waals surface area contributed by atoms with Gasteiger partial charge in [0.25, 0.3) is 5.91 Å². The minimum Gasteiger partial charge on any atom is -0.492 e. The number of anilines is 2. The van der Waals surface area contributed by atoms with E-state index < -0.39 is 5.91 Å². The summed E-state index contributed by atoms with van der Waals surface area (Å²) in [4.78, 5) is 11.6. The number of nitrogens with two attached hydrogens (primary N) is 2. The number of carbonyl (C=O) groups is 1. The van der Waals surface area contributed by atoms with Crippen molar-refractivity contribution in [3.8, 4) is 5.75 Å². The molecule has 1 amide bonds. The number of carbonyl (C=O) groups excluding carboxylic acids is 1. The van der Waals surface area contributed by atoms with Crippen molar-refractivity contribution in [2.75, 3.05) is 31.2 Å². The summed E-state index contributed by atoms with van der Waals surface area (Å²) in [6.45, 7) is 1.98. The molecule has 2 rings (SSSR count). The highest BCUT2D eigenvalue weighted by Crippen LogP contribution is 2.42. The second-order valence-electron chi connectivity index (χ2n) is 4.24. The molecule has 1 aromatic rings. The van der Waals surface area contributed by atoms with Crippen LogP contribution in [0.25, 0.3) is 0 Å². The van der Waals surface area contributed by atoms with E-state index in [4.69, 9.17) is 16.2 Å². The molecule has 1 aliphatic heterocycles. The molecule has 6 N–H and O–H groups in total. The number of hydrogen-bond donors (Lipinski definition) is 4. The van der Waals surface area contributed by atoms with Crippen molar-refractivity contribution < 1.29 is 9.53 Å². The molecule has 0 radical (unpaired) electrons. The fourth-order valence-corrected chi connectivity index (χ4v) is 3.08. The van der Waals surface area contributed by atoms with Gasteiger partial charge in [0.05, 0.1) is 7.11 Å². The van der Waals surface area contributed by atoms with Crippen LogP contribution >= 0.6 is 11.3 Å². The standard InChI is InChI=1S/C11H18N4O2S/c1-17-8-7(12)9(10(13)16)18-11(8)15-6-2-4-14-5-3-6/h6,14-15H,2-5,12H2,1H3,(H2,13,16). The Morgan fingerprint density at radius 3 is 2.72 bits per heavy atom. The third-order valence-corrected chi connectivity index (χ3v) is 4.13. The van der Waals surface area contributed by atoms with Gasteiger partial charge in [-0.15, -0.1) is 11.3 Å². The number of methoxy groups -OCH3 is 1. The molecule has 0 bridgehead atoms. The minimum absolute atomic E-state index is 0.325. The average Bonchev–Trinajstić information content (AvgIpc) is 2.67. The van der Waals surface area contributed by atoms with Crippen LogP contribution in [0.2, 0.25) is 0 Å². The zero-order valence-electron chi connectivity index (χ0n) is 10.3. The molecule has 7 heteroatoms. The highest BCUT2D eigenvalue weighted by atomic mass is 32.1. The summed E-state index contributed by atoms with van der Waals surface area (Å²) in [5, 5.41) is 7.47. The van der Waals surface area contributed by atoms with Crippen LogP contribution in [0.1, 0.15) is 22.5 Å². The van der Waals surface area contributed by atoms with Gasteiger partial charge in [-0.05, 0) is 25.9 Å². The molecule has 2 heterocycles. The summed E-state index contributed by atoms with van der Waals surface area (Å²) in [7, 11) is 1.54. The highest BCUT2D eigenvalue weighted by Gasteiger charge is 2.22. The van der Waals surface area contributed by atoms with Crippen LogP contribution in [0, 0.1) is 0 Å². The van der Waals surface area contributed by atoms with Gasteiger partial charge in [-0.25, -0.2) is 0 Å². The van der Waals surface area contributed by atoms with Crippen LogP contribution in [0.4, 0.5) is 10.7 Å². The van der Waals surface area contributed by atoms with Crippen LogP contribution in [0.5, 0.6) is 5.75 Å². The van der Waals surface area contributed by atoms with E-state index >= 15 is 0 Å². The lowest BCUT2D eigenvalue weighted by Crippen LogP contribution is -2.35. The number of amides is 1. The van der Waals surface area contributed by atoms with Crippen molar-refractivity contribution in [1.29, 1.82) is 0 Å². The van der Waals surface area contributed by atoms with E-state index in [0.29, 0.717) is 22.4 Å². The molecule has 18 heavy (non-hydrogen) atoms. The zero-order valence-corrected chi connectivity index (χ0v) is 11.1. The van der Waals surface area contributed by atoms with Crippen LogP contribution < -0.4 is 26.8 Å². The lowest BCUT2D eigenvalue weighted by Gasteiger charge is -2.24. The van der Waals surface area contributed by atoms with E-state index in [1.165, 1.54) is 18.4 Å². The van der Waals surface area contributed by atoms with Crippen molar-refractivity contribution >= 4 is 27.9 Å². The van der Waals surface area contributed by atoms with Gasteiger partial charge in [0.15, 0.2) is 5.75 Å². The van der Waals surface area contributed by atoms with E-state index in [2.05, 4.69) is 10.6 Å². The van der Waals surface area contributed by atoms with Gasteiger partial charge in [0, 0.05) is 6.04 Å². The number of rotatable bonds is 4. The van der Waals surface area contributed by atoms with E-state index in [1.807, 2.05) is 0 Å². The monoisotopic (exact) mass is 270 g/mol. The predicted molar refractivity (Wildman–Crippen MR) is 73.3 cm³/mol. The second-order valence-corrected chi connectivity index (χ2v) is 5.26. The maximum atomic E-state index is 11.3. The zero-order chi connectivity index (χ0) is 13.1. The largest absolute Gasteiger partial charge is 0.492 e. The Kier molecular flexibility index (Phi) is 3.93. The number of primary amides is 1. The quantitative estimate of drug-likeness (QED) is 0.641. The first-order chi connectivity index (χ1) is 8.63. The lowest BCUT2D eigenvalue weighted by atomic mass is 10.1. The number of piperidine rings is 1. The van der Waals surface area contributed by atoms with Crippen LogP contribution in [-0.2, 0) is 0 Å². The molecule has 6 nitrogen and oxygen atoms in total. The van der Waals surface area contributed by atoms with Crippen molar-refractivity contribution in [2.24, 2.45) is 5.73 Å². The van der Waals surface area contributed by atoms with E-state index in [0.717, 1.165) is 30.9 Å². The van der Waals surface area contributed by atoms with Crippen LogP contribution in [0.15, 0.2) is 0 Å². The Bertz CT molecular complexity index is 440. The normalized spacial score (nSPS) is 16.5. The van der Waals surface area contributed by atoms with Gasteiger partial charge >= 0.3 is 0 Å². The Hall–Kier alpha value is -1.47. The van der Waals surface area contributed by atoms with Gasteiger partial charge in [-0.1, -0.05) is 0 Å². The van der Waals surface area contributed by atoms with Gasteiger partial charge in [0.1, 0.15) is 15.6 Å². The summed E-state index contributed by atoms with van der Waals surface area (Å²) in [5.74, 6) is 0.00138. The fraction of sp³-hybridized carbons (Fsp3) is 0.545. The van der Waals surface area contributed by atoms with E-state index in [9.17, 15) is 4.79 Å². The molecule has 100 valence electrons. The molecule has 0 saturated carbocycles.